The van der Waals surface area contributed by atoms with E-state index in [0.29, 0.717) is 0 Å². The molecule has 0 bridgehead atoms. The zero-order valence-electron chi connectivity index (χ0n) is 56.6. The standard InChI is InChI=1S/2C35H26N4O11S2.4Na/c2*40-31-17-27(51(45,46)47)13-19-7-9-25(15-29(19)31)36-33(42)21-3-1-5-23(11-21)38-35(44)39-24-6-2-4-22(12-24)34(43)37-26-10-8-20-14-28(52(48,49)50)18-32(41)30(20)16-26;;;;/h2*1-18,40-41H,(H,36,42)(H,37,43)(H2,38,39,44)(H,45,46,47)(H,48,49,50);;;;/q;;4*+1/p-4. The Labute approximate surface area is 701 Å². The van der Waals surface area contributed by atoms with Gasteiger partial charge in [0.1, 0.15) is 63.5 Å². The summed E-state index contributed by atoms with van der Waals surface area (Å²) in [6.07, 6.45) is 0. The molecular formula is C70H48N8Na4O22S4. The number of rotatable bonds is 16. The molecule has 0 unspecified atom stereocenters. The molecule has 8 amide bonds. The number of urea groups is 2. The quantitative estimate of drug-likeness (QED) is 0.0397. The predicted octanol–water partition coefficient (Wildman–Crippen LogP) is -1.26. The Hall–Kier alpha value is -9.06. The van der Waals surface area contributed by atoms with E-state index in [4.69, 9.17) is 0 Å². The van der Waals surface area contributed by atoms with E-state index in [1.165, 1.54) is 170 Å². The average molecular weight is 1570 g/mol. The molecule has 0 spiro atoms. The van der Waals surface area contributed by atoms with E-state index in [2.05, 4.69) is 42.5 Å². The van der Waals surface area contributed by atoms with Gasteiger partial charge in [-0.15, -0.1) is 0 Å². The number of phenolic OH excluding ortho intramolecular Hbond substituents is 4. The summed E-state index contributed by atoms with van der Waals surface area (Å²) in [5.41, 5.74) is 2.68. The first kappa shape index (κ1) is 86.2. The van der Waals surface area contributed by atoms with Crippen LogP contribution in [-0.2, 0) is 40.5 Å². The molecule has 0 saturated heterocycles. The summed E-state index contributed by atoms with van der Waals surface area (Å²) in [5.74, 6) is -4.11. The second kappa shape index (κ2) is 35.5. The number of hydrogen-bond donors (Lipinski definition) is 12. The molecule has 0 aliphatic carbocycles. The molecule has 528 valence electrons. The number of benzene rings is 12. The van der Waals surface area contributed by atoms with E-state index in [9.17, 15) is 101 Å². The molecule has 0 atom stereocenters. The van der Waals surface area contributed by atoms with Gasteiger partial charge in [0.15, 0.2) is 0 Å². The van der Waals surface area contributed by atoms with Crippen LogP contribution in [0.2, 0.25) is 0 Å². The van der Waals surface area contributed by atoms with Crippen LogP contribution in [0.1, 0.15) is 41.4 Å². The minimum atomic E-state index is -4.80. The van der Waals surface area contributed by atoms with Gasteiger partial charge in [0.2, 0.25) is 0 Å². The number of carbonyl (C=O) groups excluding carboxylic acids is 6. The maximum Gasteiger partial charge on any atom is 1.00 e. The number of nitrogens with one attached hydrogen (secondary N) is 8. The van der Waals surface area contributed by atoms with Gasteiger partial charge in [0, 0.05) is 89.3 Å². The van der Waals surface area contributed by atoms with E-state index in [1.807, 2.05) is 0 Å². The number of hydrogen-bond acceptors (Lipinski definition) is 22. The molecule has 30 nitrogen and oxygen atoms in total. The van der Waals surface area contributed by atoms with Crippen LogP contribution in [0.5, 0.6) is 23.0 Å². The van der Waals surface area contributed by atoms with Crippen molar-refractivity contribution in [2.24, 2.45) is 0 Å². The Morgan fingerprint density at radius 2 is 0.426 bits per heavy atom. The largest absolute Gasteiger partial charge is 1.00 e. The number of carbonyl (C=O) groups is 6. The van der Waals surface area contributed by atoms with Crippen molar-refractivity contribution in [2.45, 2.75) is 19.6 Å². The van der Waals surface area contributed by atoms with Crippen LogP contribution in [-0.4, -0.2) is 108 Å². The minimum Gasteiger partial charge on any atom is -0.744 e. The first-order chi connectivity index (χ1) is 49.1. The normalized spacial score (nSPS) is 11.1. The zero-order valence-corrected chi connectivity index (χ0v) is 67.8. The third kappa shape index (κ3) is 21.7. The minimum absolute atomic E-state index is 0. The molecule has 12 N–H and O–H groups in total. The van der Waals surface area contributed by atoms with Crippen LogP contribution in [0.4, 0.5) is 55.1 Å². The van der Waals surface area contributed by atoms with Gasteiger partial charge >= 0.3 is 130 Å². The molecule has 0 fully saturated rings. The maximum atomic E-state index is 13.0. The molecule has 0 aliphatic heterocycles. The van der Waals surface area contributed by atoms with Crippen LogP contribution in [0.3, 0.4) is 0 Å². The van der Waals surface area contributed by atoms with Gasteiger partial charge in [0.25, 0.3) is 23.6 Å². The van der Waals surface area contributed by atoms with E-state index < -0.39 is 119 Å². The summed E-state index contributed by atoms with van der Waals surface area (Å²) in [6, 6.07) is 47.5. The molecule has 0 heterocycles. The Morgan fingerprint density at radius 3 is 0.611 bits per heavy atom. The molecule has 12 aromatic carbocycles. The molecular weight excluding hydrogens is 1530 g/mol. The molecule has 108 heavy (non-hydrogen) atoms. The van der Waals surface area contributed by atoms with Crippen LogP contribution in [0.15, 0.2) is 238 Å². The second-order valence-electron chi connectivity index (χ2n) is 22.6. The fourth-order valence-corrected chi connectivity index (χ4v) is 12.6. The zero-order chi connectivity index (χ0) is 74.7. The monoisotopic (exact) mass is 1570 g/mol. The van der Waals surface area contributed by atoms with Crippen molar-refractivity contribution >= 4 is 165 Å². The van der Waals surface area contributed by atoms with Crippen molar-refractivity contribution in [3.8, 4) is 23.0 Å². The second-order valence-corrected chi connectivity index (χ2v) is 28.1. The van der Waals surface area contributed by atoms with Crippen LogP contribution in [0.25, 0.3) is 43.1 Å². The van der Waals surface area contributed by atoms with Crippen molar-refractivity contribution in [2.75, 3.05) is 42.5 Å². The van der Waals surface area contributed by atoms with Gasteiger partial charge in [0.05, 0.1) is 19.6 Å². The van der Waals surface area contributed by atoms with Crippen LogP contribution in [0, 0.1) is 0 Å². The van der Waals surface area contributed by atoms with E-state index in [-0.39, 0.29) is 229 Å². The summed E-state index contributed by atoms with van der Waals surface area (Å²) >= 11 is 0. The molecule has 0 aliphatic rings. The van der Waals surface area contributed by atoms with E-state index in [1.54, 1.807) is 0 Å². The van der Waals surface area contributed by atoms with Gasteiger partial charge in [-0.05, 0) is 191 Å². The van der Waals surface area contributed by atoms with Gasteiger partial charge < -0.3 is 81.2 Å². The summed E-state index contributed by atoms with van der Waals surface area (Å²) in [7, 11) is -19.2. The number of amides is 8. The summed E-state index contributed by atoms with van der Waals surface area (Å²) in [5, 5.41) is 64.0. The first-order valence-corrected chi connectivity index (χ1v) is 35.4. The van der Waals surface area contributed by atoms with Crippen LogP contribution < -0.4 is 161 Å². The fourth-order valence-electron chi connectivity index (χ4n) is 10.5. The van der Waals surface area contributed by atoms with Gasteiger partial charge in [-0.1, -0.05) is 48.5 Å². The first-order valence-electron chi connectivity index (χ1n) is 29.8. The predicted molar refractivity (Wildman–Crippen MR) is 377 cm³/mol. The summed E-state index contributed by atoms with van der Waals surface area (Å²) in [4.78, 5) is 75.3. The number of anilines is 8. The SMILES string of the molecule is O=C(Nc1cccc(C(=O)Nc2ccc3cc(S(=O)(=O)[O-])cc(O)c3c2)c1)Nc1cccc(C(=O)Nc2ccc3cc(S(=O)(=O)[O-])cc(O)c3c2)c1.O=C(Nc1cccc(C(=O)Nc2ccc3cc(S(=O)(=O)[O-])cc(O)c3c2)c1)Nc1cccc(C(=O)Nc2ccc3cc(S(=O)(=O)[O-])cc(O)c3c2)c1.[Na+].[Na+].[Na+].[Na+]. The van der Waals surface area contributed by atoms with E-state index in [0.717, 1.165) is 48.5 Å². The van der Waals surface area contributed by atoms with E-state index >= 15 is 0 Å². The van der Waals surface area contributed by atoms with Crippen molar-refractivity contribution in [1.82, 2.24) is 0 Å². The van der Waals surface area contributed by atoms with Crippen molar-refractivity contribution in [3.05, 3.63) is 241 Å². The van der Waals surface area contributed by atoms with Crippen molar-refractivity contribution in [3.63, 3.8) is 0 Å². The third-order valence-electron chi connectivity index (χ3n) is 15.3. The van der Waals surface area contributed by atoms with Crippen molar-refractivity contribution < 1.29 is 219 Å². The van der Waals surface area contributed by atoms with Gasteiger partial charge in [-0.25, -0.2) is 43.3 Å². The number of aromatic hydroxyl groups is 4. The smallest absolute Gasteiger partial charge is 0.744 e. The molecule has 12 aromatic rings. The number of phenols is 4. The number of fused-ring (bicyclic) bond motifs is 4. The molecule has 0 radical (unpaired) electrons. The third-order valence-corrected chi connectivity index (χ3v) is 18.6. The fraction of sp³-hybridized carbons (Fsp3) is 0. The Balaban J connectivity index is 0.000000290. The topological polar surface area (TPSA) is 508 Å². The van der Waals surface area contributed by atoms with Gasteiger partial charge in [-0.3, -0.25) is 19.2 Å². The van der Waals surface area contributed by atoms with Crippen molar-refractivity contribution in [1.29, 1.82) is 0 Å². The maximum absolute atomic E-state index is 13.0. The summed E-state index contributed by atoms with van der Waals surface area (Å²) in [6.45, 7) is 0. The van der Waals surface area contributed by atoms with Gasteiger partial charge in [-0.2, -0.15) is 0 Å². The summed E-state index contributed by atoms with van der Waals surface area (Å²) < 4.78 is 136. The Morgan fingerprint density at radius 1 is 0.241 bits per heavy atom. The molecule has 0 saturated carbocycles. The average Bonchev–Trinajstić information content (AvgIpc) is 0.803. The molecule has 0 aromatic heterocycles. The molecule has 38 heteroatoms. The van der Waals surface area contributed by atoms with Crippen LogP contribution >= 0.6 is 0 Å². The Kier molecular flexibility index (Phi) is 28.4. The Bertz CT molecular complexity index is 5390. The molecule has 12 rings (SSSR count).